The number of aryl methyl sites for hydroxylation is 1. The number of nitrogens with one attached hydrogen (secondary N) is 1. The largest absolute Gasteiger partial charge is 0.382 e. The van der Waals surface area contributed by atoms with Gasteiger partial charge in [0.25, 0.3) is 5.56 Å². The molecule has 0 saturated heterocycles. The zero-order chi connectivity index (χ0) is 24.6. The van der Waals surface area contributed by atoms with Gasteiger partial charge in [-0.1, -0.05) is 18.2 Å². The van der Waals surface area contributed by atoms with Gasteiger partial charge in [-0.2, -0.15) is 5.26 Å². The van der Waals surface area contributed by atoms with E-state index in [1.807, 2.05) is 51.1 Å². The standard InChI is InChI=1S/C25H25N7O2/c1-14(2)32-20(15(3)30-24-19(11-26)23(27)28-13-29-24)10-16-6-5-7-18(22(16)25(32)34)17-8-9-21(33)31(4)12-17/h5-10,12-15H,1-4H3,(H3,27,28,29,30)/t15-/m0/s1. The minimum atomic E-state index is -0.359. The molecule has 3 aromatic heterocycles. The summed E-state index contributed by atoms with van der Waals surface area (Å²) in [7, 11) is 1.68. The quantitative estimate of drug-likeness (QED) is 0.471. The van der Waals surface area contributed by atoms with E-state index in [1.54, 1.807) is 23.9 Å². The summed E-state index contributed by atoms with van der Waals surface area (Å²) in [5.41, 5.74) is 8.02. The molecule has 9 nitrogen and oxygen atoms in total. The van der Waals surface area contributed by atoms with Crippen molar-refractivity contribution in [2.75, 3.05) is 11.1 Å². The van der Waals surface area contributed by atoms with Crippen LogP contribution in [0.1, 0.15) is 44.1 Å². The number of fused-ring (bicyclic) bond motifs is 1. The highest BCUT2D eigenvalue weighted by Crippen LogP contribution is 2.30. The Morgan fingerprint density at radius 2 is 1.88 bits per heavy atom. The van der Waals surface area contributed by atoms with E-state index in [0.29, 0.717) is 11.2 Å². The number of nitrogen functional groups attached to an aromatic ring is 1. The van der Waals surface area contributed by atoms with E-state index < -0.39 is 0 Å². The van der Waals surface area contributed by atoms with Gasteiger partial charge in [-0.15, -0.1) is 0 Å². The molecule has 9 heteroatoms. The van der Waals surface area contributed by atoms with Crippen LogP contribution in [0, 0.1) is 11.3 Å². The van der Waals surface area contributed by atoms with Gasteiger partial charge in [0.05, 0.1) is 11.4 Å². The molecule has 34 heavy (non-hydrogen) atoms. The summed E-state index contributed by atoms with van der Waals surface area (Å²) in [6.07, 6.45) is 3.03. The highest BCUT2D eigenvalue weighted by Gasteiger charge is 2.21. The van der Waals surface area contributed by atoms with Crippen molar-refractivity contribution in [2.45, 2.75) is 32.9 Å². The number of hydrogen-bond donors (Lipinski definition) is 2. The topological polar surface area (TPSA) is 132 Å². The van der Waals surface area contributed by atoms with Gasteiger partial charge in [-0.25, -0.2) is 9.97 Å². The van der Waals surface area contributed by atoms with Crippen molar-refractivity contribution >= 4 is 22.4 Å². The first kappa shape index (κ1) is 22.7. The van der Waals surface area contributed by atoms with Crippen LogP contribution in [0.2, 0.25) is 0 Å². The normalized spacial score (nSPS) is 12.0. The first-order valence-corrected chi connectivity index (χ1v) is 10.8. The summed E-state index contributed by atoms with van der Waals surface area (Å²) >= 11 is 0. The lowest BCUT2D eigenvalue weighted by Crippen LogP contribution is -2.29. The second-order valence-electron chi connectivity index (χ2n) is 8.44. The fraction of sp³-hybridized carbons (Fsp3) is 0.240. The summed E-state index contributed by atoms with van der Waals surface area (Å²) in [6.45, 7) is 5.79. The SMILES string of the molecule is CC(C)n1c([C@H](C)Nc2ncnc(N)c2C#N)cc2cccc(-c3ccc(=O)n(C)c3)c2c1=O. The van der Waals surface area contributed by atoms with Crippen LogP contribution in [0.3, 0.4) is 0 Å². The van der Waals surface area contributed by atoms with E-state index in [4.69, 9.17) is 5.73 Å². The summed E-state index contributed by atoms with van der Waals surface area (Å²) < 4.78 is 3.23. The second kappa shape index (κ2) is 8.83. The summed E-state index contributed by atoms with van der Waals surface area (Å²) in [5.74, 6) is 0.401. The molecule has 1 atom stereocenters. The number of aromatic nitrogens is 4. The number of nitrogens with zero attached hydrogens (tertiary/aromatic N) is 5. The minimum absolute atomic E-state index is 0.0915. The van der Waals surface area contributed by atoms with Crippen LogP contribution in [0.25, 0.3) is 21.9 Å². The van der Waals surface area contributed by atoms with E-state index >= 15 is 0 Å². The third-order valence-electron chi connectivity index (χ3n) is 5.81. The average Bonchev–Trinajstić information content (AvgIpc) is 2.80. The number of nitrogens with two attached hydrogens (primary N) is 1. The molecule has 0 amide bonds. The molecule has 0 aliphatic carbocycles. The van der Waals surface area contributed by atoms with Crippen LogP contribution in [0.4, 0.5) is 11.6 Å². The predicted octanol–water partition coefficient (Wildman–Crippen LogP) is 3.37. The van der Waals surface area contributed by atoms with Gasteiger partial charge in [0.2, 0.25) is 5.56 Å². The maximum Gasteiger partial charge on any atom is 0.259 e. The molecule has 3 heterocycles. The van der Waals surface area contributed by atoms with E-state index in [1.165, 1.54) is 17.0 Å². The molecule has 0 radical (unpaired) electrons. The molecule has 0 unspecified atom stereocenters. The van der Waals surface area contributed by atoms with Crippen molar-refractivity contribution in [1.29, 1.82) is 5.26 Å². The van der Waals surface area contributed by atoms with Crippen LogP contribution >= 0.6 is 0 Å². The van der Waals surface area contributed by atoms with Crippen LogP contribution < -0.4 is 22.2 Å². The fourth-order valence-corrected chi connectivity index (χ4v) is 4.15. The molecule has 0 aliphatic rings. The highest BCUT2D eigenvalue weighted by molar-refractivity contribution is 5.96. The molecule has 0 fully saturated rings. The van der Waals surface area contributed by atoms with Crippen molar-refractivity contribution < 1.29 is 0 Å². The number of rotatable bonds is 5. The Morgan fingerprint density at radius 3 is 2.56 bits per heavy atom. The van der Waals surface area contributed by atoms with Gasteiger partial charge < -0.3 is 20.2 Å². The summed E-state index contributed by atoms with van der Waals surface area (Å²) in [4.78, 5) is 33.7. The van der Waals surface area contributed by atoms with Gasteiger partial charge in [-0.3, -0.25) is 9.59 Å². The van der Waals surface area contributed by atoms with Crippen molar-refractivity contribution in [3.63, 3.8) is 0 Å². The van der Waals surface area contributed by atoms with Gasteiger partial charge >= 0.3 is 0 Å². The van der Waals surface area contributed by atoms with Crippen LogP contribution in [-0.4, -0.2) is 19.1 Å². The Bertz CT molecular complexity index is 1560. The lowest BCUT2D eigenvalue weighted by atomic mass is 9.98. The number of nitriles is 1. The maximum atomic E-state index is 13.8. The molecule has 1 aromatic carbocycles. The zero-order valence-corrected chi connectivity index (χ0v) is 19.4. The molecule has 3 N–H and O–H groups in total. The molecule has 0 bridgehead atoms. The Labute approximate surface area is 196 Å². The highest BCUT2D eigenvalue weighted by atomic mass is 16.1. The Morgan fingerprint density at radius 1 is 1.12 bits per heavy atom. The third-order valence-corrected chi connectivity index (χ3v) is 5.81. The first-order chi connectivity index (χ1) is 16.2. The van der Waals surface area contributed by atoms with E-state index in [2.05, 4.69) is 15.3 Å². The predicted molar refractivity (Wildman–Crippen MR) is 132 cm³/mol. The summed E-state index contributed by atoms with van der Waals surface area (Å²) in [5, 5.41) is 14.0. The zero-order valence-electron chi connectivity index (χ0n) is 19.4. The molecular formula is C25H25N7O2. The Hall–Kier alpha value is -4.45. The van der Waals surface area contributed by atoms with E-state index in [0.717, 1.165) is 22.2 Å². The molecule has 4 aromatic rings. The van der Waals surface area contributed by atoms with Gasteiger partial charge in [0.15, 0.2) is 0 Å². The monoisotopic (exact) mass is 455 g/mol. The maximum absolute atomic E-state index is 13.8. The molecule has 0 aliphatic heterocycles. The molecule has 0 spiro atoms. The molecule has 4 rings (SSSR count). The number of anilines is 2. The second-order valence-corrected chi connectivity index (χ2v) is 8.44. The molecular weight excluding hydrogens is 430 g/mol. The molecule has 0 saturated carbocycles. The van der Waals surface area contributed by atoms with Gasteiger partial charge in [0.1, 0.15) is 29.6 Å². The van der Waals surface area contributed by atoms with Crippen LogP contribution in [0.15, 0.2) is 58.5 Å². The first-order valence-electron chi connectivity index (χ1n) is 10.8. The van der Waals surface area contributed by atoms with Crippen molar-refractivity contribution in [2.24, 2.45) is 7.05 Å². The smallest absolute Gasteiger partial charge is 0.259 e. The van der Waals surface area contributed by atoms with Crippen molar-refractivity contribution in [1.82, 2.24) is 19.1 Å². The number of hydrogen-bond acceptors (Lipinski definition) is 7. The van der Waals surface area contributed by atoms with E-state index in [-0.39, 0.29) is 34.6 Å². The average molecular weight is 456 g/mol. The number of pyridine rings is 2. The van der Waals surface area contributed by atoms with Crippen LogP contribution in [0.5, 0.6) is 0 Å². The van der Waals surface area contributed by atoms with Crippen LogP contribution in [-0.2, 0) is 7.05 Å². The van der Waals surface area contributed by atoms with Gasteiger partial charge in [-0.05, 0) is 49.4 Å². The lowest BCUT2D eigenvalue weighted by molar-refractivity contribution is 0.541. The summed E-state index contributed by atoms with van der Waals surface area (Å²) in [6, 6.07) is 12.4. The fourth-order valence-electron chi connectivity index (χ4n) is 4.15. The van der Waals surface area contributed by atoms with Crippen molar-refractivity contribution in [3.05, 3.63) is 80.9 Å². The van der Waals surface area contributed by atoms with Gasteiger partial charge in [0, 0.05) is 31.0 Å². The van der Waals surface area contributed by atoms with Crippen molar-refractivity contribution in [3.8, 4) is 17.2 Å². The third kappa shape index (κ3) is 3.90. The Kier molecular flexibility index (Phi) is 5.90. The number of benzene rings is 1. The van der Waals surface area contributed by atoms with E-state index in [9.17, 15) is 14.9 Å². The lowest BCUT2D eigenvalue weighted by Gasteiger charge is -2.24. The Balaban J connectivity index is 1.91. The molecule has 172 valence electrons. The minimum Gasteiger partial charge on any atom is -0.382 e.